The van der Waals surface area contributed by atoms with Crippen LogP contribution in [0.4, 0.5) is 4.39 Å². The third kappa shape index (κ3) is 3.68. The van der Waals surface area contributed by atoms with Crippen molar-refractivity contribution in [2.75, 3.05) is 26.2 Å². The standard InChI is InChI=1S/C19H18FN3O2S/c20-16-3-1-14(2-4-16)18-21-17(13-26-18)11-22-6-8-23(9-7-22)19(24)15-5-10-25-12-15/h1-5,10,12-13H,6-9,11H2. The van der Waals surface area contributed by atoms with Crippen molar-refractivity contribution in [2.24, 2.45) is 0 Å². The number of hydrogen-bond donors (Lipinski definition) is 0. The number of aromatic nitrogens is 1. The molecule has 1 saturated heterocycles. The molecule has 4 rings (SSSR count). The van der Waals surface area contributed by atoms with E-state index in [1.54, 1.807) is 29.5 Å². The minimum Gasteiger partial charge on any atom is -0.472 e. The molecule has 26 heavy (non-hydrogen) atoms. The molecule has 1 aliphatic rings. The van der Waals surface area contributed by atoms with Gasteiger partial charge in [0.2, 0.25) is 0 Å². The van der Waals surface area contributed by atoms with E-state index in [2.05, 4.69) is 9.88 Å². The summed E-state index contributed by atoms with van der Waals surface area (Å²) in [4.78, 5) is 21.1. The molecule has 1 aromatic carbocycles. The lowest BCUT2D eigenvalue weighted by atomic mass is 10.2. The molecule has 0 radical (unpaired) electrons. The Kier molecular flexibility index (Phi) is 4.81. The van der Waals surface area contributed by atoms with E-state index < -0.39 is 0 Å². The highest BCUT2D eigenvalue weighted by molar-refractivity contribution is 7.13. The summed E-state index contributed by atoms with van der Waals surface area (Å²) in [5, 5.41) is 2.94. The summed E-state index contributed by atoms with van der Waals surface area (Å²) in [6.07, 6.45) is 3.01. The second-order valence-electron chi connectivity index (χ2n) is 6.23. The van der Waals surface area contributed by atoms with Crippen LogP contribution >= 0.6 is 11.3 Å². The molecule has 0 bridgehead atoms. The number of hydrogen-bond acceptors (Lipinski definition) is 5. The molecule has 0 spiro atoms. The lowest BCUT2D eigenvalue weighted by Gasteiger charge is -2.34. The van der Waals surface area contributed by atoms with Crippen molar-refractivity contribution >= 4 is 17.2 Å². The van der Waals surface area contributed by atoms with E-state index in [9.17, 15) is 9.18 Å². The van der Waals surface area contributed by atoms with Gasteiger partial charge in [0, 0.05) is 43.7 Å². The molecule has 3 aromatic rings. The summed E-state index contributed by atoms with van der Waals surface area (Å²) in [5.41, 5.74) is 2.53. The van der Waals surface area contributed by atoms with Crippen LogP contribution in [0.3, 0.4) is 0 Å². The molecular formula is C19H18FN3O2S. The van der Waals surface area contributed by atoms with E-state index in [-0.39, 0.29) is 11.7 Å². The van der Waals surface area contributed by atoms with Gasteiger partial charge in [0.15, 0.2) is 0 Å². The monoisotopic (exact) mass is 371 g/mol. The molecule has 0 unspecified atom stereocenters. The minimum atomic E-state index is -0.242. The second kappa shape index (κ2) is 7.39. The first-order valence-corrected chi connectivity index (χ1v) is 9.31. The Hall–Kier alpha value is -2.51. The van der Waals surface area contributed by atoms with Crippen molar-refractivity contribution in [1.82, 2.24) is 14.8 Å². The van der Waals surface area contributed by atoms with Gasteiger partial charge in [-0.3, -0.25) is 9.69 Å². The predicted octanol–water partition coefficient (Wildman–Crippen LogP) is 3.50. The summed E-state index contributed by atoms with van der Waals surface area (Å²) in [6, 6.07) is 8.09. The average Bonchev–Trinajstić information content (AvgIpc) is 3.35. The maximum Gasteiger partial charge on any atom is 0.257 e. The van der Waals surface area contributed by atoms with E-state index in [1.807, 2.05) is 10.3 Å². The normalized spacial score (nSPS) is 15.3. The van der Waals surface area contributed by atoms with Gasteiger partial charge in [0.1, 0.15) is 17.1 Å². The van der Waals surface area contributed by atoms with E-state index in [4.69, 9.17) is 4.42 Å². The Morgan fingerprint density at radius 2 is 1.92 bits per heavy atom. The Morgan fingerprint density at radius 1 is 1.15 bits per heavy atom. The lowest BCUT2D eigenvalue weighted by molar-refractivity contribution is 0.0626. The number of thiazole rings is 1. The maximum atomic E-state index is 13.0. The smallest absolute Gasteiger partial charge is 0.257 e. The first-order chi connectivity index (χ1) is 12.7. The third-order valence-electron chi connectivity index (χ3n) is 4.46. The number of furan rings is 1. The zero-order valence-corrected chi connectivity index (χ0v) is 14.9. The fourth-order valence-electron chi connectivity index (χ4n) is 3.01. The molecule has 1 fully saturated rings. The lowest BCUT2D eigenvalue weighted by Crippen LogP contribution is -2.48. The first kappa shape index (κ1) is 16.9. The van der Waals surface area contributed by atoms with Crippen LogP contribution < -0.4 is 0 Å². The maximum absolute atomic E-state index is 13.0. The summed E-state index contributed by atoms with van der Waals surface area (Å²) >= 11 is 1.57. The number of piperazine rings is 1. The van der Waals surface area contributed by atoms with E-state index >= 15 is 0 Å². The van der Waals surface area contributed by atoms with Gasteiger partial charge < -0.3 is 9.32 Å². The van der Waals surface area contributed by atoms with Crippen molar-refractivity contribution < 1.29 is 13.6 Å². The van der Waals surface area contributed by atoms with Crippen LogP contribution in [-0.2, 0) is 6.54 Å². The first-order valence-electron chi connectivity index (χ1n) is 8.43. The molecule has 5 nitrogen and oxygen atoms in total. The Balaban J connectivity index is 1.33. The van der Waals surface area contributed by atoms with Gasteiger partial charge in [-0.2, -0.15) is 0 Å². The van der Waals surface area contributed by atoms with Crippen LogP contribution in [0.1, 0.15) is 16.1 Å². The summed E-state index contributed by atoms with van der Waals surface area (Å²) in [6.45, 7) is 3.77. The second-order valence-corrected chi connectivity index (χ2v) is 7.09. The number of carbonyl (C=O) groups excluding carboxylic acids is 1. The number of nitrogens with zero attached hydrogens (tertiary/aromatic N) is 3. The molecule has 0 saturated carbocycles. The molecular weight excluding hydrogens is 353 g/mol. The predicted molar refractivity (Wildman–Crippen MR) is 97.4 cm³/mol. The highest BCUT2D eigenvalue weighted by atomic mass is 32.1. The quantitative estimate of drug-likeness (QED) is 0.704. The van der Waals surface area contributed by atoms with Gasteiger partial charge in [-0.05, 0) is 30.3 Å². The van der Waals surface area contributed by atoms with Gasteiger partial charge in [-0.25, -0.2) is 9.37 Å². The zero-order chi connectivity index (χ0) is 17.9. The Labute approximate surface area is 154 Å². The van der Waals surface area contributed by atoms with Gasteiger partial charge in [-0.1, -0.05) is 0 Å². The molecule has 1 aliphatic heterocycles. The van der Waals surface area contributed by atoms with Gasteiger partial charge in [-0.15, -0.1) is 11.3 Å². The molecule has 2 aromatic heterocycles. The average molecular weight is 371 g/mol. The van der Waals surface area contributed by atoms with E-state index in [0.29, 0.717) is 18.7 Å². The highest BCUT2D eigenvalue weighted by Gasteiger charge is 2.23. The van der Waals surface area contributed by atoms with Crippen LogP contribution in [0.15, 0.2) is 52.7 Å². The van der Waals surface area contributed by atoms with E-state index in [0.717, 1.165) is 35.9 Å². The number of halogens is 1. The molecule has 134 valence electrons. The Morgan fingerprint density at radius 3 is 2.62 bits per heavy atom. The molecule has 0 aliphatic carbocycles. The Bertz CT molecular complexity index is 869. The van der Waals surface area contributed by atoms with E-state index in [1.165, 1.54) is 24.7 Å². The molecule has 3 heterocycles. The number of benzene rings is 1. The number of rotatable bonds is 4. The van der Waals surface area contributed by atoms with Crippen molar-refractivity contribution in [2.45, 2.75) is 6.54 Å². The molecule has 0 N–H and O–H groups in total. The fraction of sp³-hybridized carbons (Fsp3) is 0.263. The molecule has 1 amide bonds. The number of amides is 1. The third-order valence-corrected chi connectivity index (χ3v) is 5.40. The van der Waals surface area contributed by atoms with Crippen molar-refractivity contribution in [3.8, 4) is 10.6 Å². The van der Waals surface area contributed by atoms with Crippen molar-refractivity contribution in [3.05, 3.63) is 65.3 Å². The van der Waals surface area contributed by atoms with Crippen LogP contribution in [-0.4, -0.2) is 46.9 Å². The SMILES string of the molecule is O=C(c1ccoc1)N1CCN(Cc2csc(-c3ccc(F)cc3)n2)CC1. The van der Waals surface area contributed by atoms with Crippen molar-refractivity contribution in [3.63, 3.8) is 0 Å². The fourth-order valence-corrected chi connectivity index (χ4v) is 3.83. The van der Waals surface area contributed by atoms with Crippen LogP contribution in [0, 0.1) is 5.82 Å². The topological polar surface area (TPSA) is 49.6 Å². The summed E-state index contributed by atoms with van der Waals surface area (Å²) in [5.74, 6) is -0.223. The highest BCUT2D eigenvalue weighted by Crippen LogP contribution is 2.24. The zero-order valence-electron chi connectivity index (χ0n) is 14.1. The van der Waals surface area contributed by atoms with Gasteiger partial charge in [0.05, 0.1) is 17.5 Å². The van der Waals surface area contributed by atoms with Gasteiger partial charge >= 0.3 is 0 Å². The van der Waals surface area contributed by atoms with Gasteiger partial charge in [0.25, 0.3) is 5.91 Å². The molecule has 7 heteroatoms. The molecule has 0 atom stereocenters. The van der Waals surface area contributed by atoms with Crippen molar-refractivity contribution in [1.29, 1.82) is 0 Å². The van der Waals surface area contributed by atoms with Crippen LogP contribution in [0.2, 0.25) is 0 Å². The number of carbonyl (C=O) groups is 1. The van der Waals surface area contributed by atoms with Crippen LogP contribution in [0.25, 0.3) is 10.6 Å². The summed E-state index contributed by atoms with van der Waals surface area (Å²) < 4.78 is 18.0. The van der Waals surface area contributed by atoms with Crippen LogP contribution in [0.5, 0.6) is 0 Å². The minimum absolute atomic E-state index is 0.0191. The largest absolute Gasteiger partial charge is 0.472 e. The summed E-state index contributed by atoms with van der Waals surface area (Å²) in [7, 11) is 0.